The van der Waals surface area contributed by atoms with Gasteiger partial charge in [0.15, 0.2) is 0 Å². The predicted molar refractivity (Wildman–Crippen MR) is 157 cm³/mol. The number of anilines is 2. The van der Waals surface area contributed by atoms with Crippen LogP contribution in [0.3, 0.4) is 0 Å². The first kappa shape index (κ1) is 33.6. The van der Waals surface area contributed by atoms with Crippen molar-refractivity contribution in [2.75, 3.05) is 10.3 Å². The number of alkyl halides is 6. The van der Waals surface area contributed by atoms with E-state index in [1.807, 2.05) is 0 Å². The van der Waals surface area contributed by atoms with Crippen LogP contribution in [-0.4, -0.2) is 18.0 Å². The minimum Gasteiger partial charge on any atom is -0.397 e. The van der Waals surface area contributed by atoms with Gasteiger partial charge in [-0.1, -0.05) is 41.3 Å². The summed E-state index contributed by atoms with van der Waals surface area (Å²) in [7, 11) is 0. The summed E-state index contributed by atoms with van der Waals surface area (Å²) >= 11 is 12.4. The number of nitrogens with zero attached hydrogens (tertiary/aromatic N) is 1. The Morgan fingerprint density at radius 1 is 0.930 bits per heavy atom. The van der Waals surface area contributed by atoms with Crippen LogP contribution in [0.4, 0.5) is 37.7 Å². The van der Waals surface area contributed by atoms with E-state index in [1.165, 1.54) is 6.07 Å². The predicted octanol–water partition coefficient (Wildman–Crippen LogP) is 8.27. The van der Waals surface area contributed by atoms with Gasteiger partial charge in [0.2, 0.25) is 5.67 Å². The van der Waals surface area contributed by atoms with Crippen LogP contribution in [0.5, 0.6) is 0 Å². The molecule has 0 spiro atoms. The lowest BCUT2D eigenvalue weighted by molar-refractivity contribution is -0.302. The molecule has 0 aliphatic rings. The van der Waals surface area contributed by atoms with Gasteiger partial charge in [-0.25, -0.2) is 19.0 Å². The Bertz CT molecular complexity index is 1570. The molecule has 0 aromatic heterocycles. The summed E-state index contributed by atoms with van der Waals surface area (Å²) in [6, 6.07) is 13.9. The summed E-state index contributed by atoms with van der Waals surface area (Å²) in [6.45, 7) is 0.689. The van der Waals surface area contributed by atoms with E-state index < -0.39 is 44.7 Å². The molecule has 0 saturated heterocycles. The fourth-order valence-corrected chi connectivity index (χ4v) is 5.04. The molecule has 228 valence electrons. The first-order chi connectivity index (χ1) is 19.7. The summed E-state index contributed by atoms with van der Waals surface area (Å²) in [6.07, 6.45) is 1.10. The lowest BCUT2D eigenvalue weighted by atomic mass is 9.68. The Morgan fingerprint density at radius 2 is 1.49 bits per heavy atom. The van der Waals surface area contributed by atoms with Crippen molar-refractivity contribution in [3.63, 3.8) is 0 Å². The van der Waals surface area contributed by atoms with Crippen LogP contribution in [0.1, 0.15) is 47.8 Å². The summed E-state index contributed by atoms with van der Waals surface area (Å²) in [5.41, 5.74) is -1.25. The van der Waals surface area contributed by atoms with Crippen LogP contribution in [-0.2, 0) is 5.67 Å². The Labute approximate surface area is 254 Å². The molecule has 1 unspecified atom stereocenters. The molecule has 0 saturated carbocycles. The van der Waals surface area contributed by atoms with Gasteiger partial charge >= 0.3 is 6.18 Å². The number of hydrazine groups is 1. The van der Waals surface area contributed by atoms with E-state index in [1.54, 1.807) is 42.5 Å². The minimum absolute atomic E-state index is 0.0197. The number of terminal acetylenes is 1. The highest BCUT2D eigenvalue weighted by atomic mass is 35.5. The monoisotopic (exact) mass is 642 g/mol. The smallest absolute Gasteiger partial charge is 0.397 e. The molecule has 5 nitrogen and oxygen atoms in total. The minimum atomic E-state index is -5.36. The van der Waals surface area contributed by atoms with E-state index in [-0.39, 0.29) is 18.3 Å². The standard InChI is InChI=1S/C30H26Cl2F6N4O/c1-5-17-9-11-18(12-10-17)26(43)41-21-8-6-7-19(13-21)24(39)16-42(40)25-22(31)14-20(15-23(25)32)29(35,28(4,33)34)27(2,3)30(36,37)38/h1,6-16H,39-40H2,2-4H3,(H,41,43)/b24-16-. The maximum Gasteiger partial charge on any atom is 0.397 e. The summed E-state index contributed by atoms with van der Waals surface area (Å²) in [5, 5.41) is 2.48. The second kappa shape index (κ2) is 12.0. The largest absolute Gasteiger partial charge is 0.397 e. The van der Waals surface area contributed by atoms with E-state index in [9.17, 15) is 26.7 Å². The molecule has 43 heavy (non-hydrogen) atoms. The van der Waals surface area contributed by atoms with Crippen molar-refractivity contribution >= 4 is 46.2 Å². The number of nitrogens with two attached hydrogens (primary N) is 2. The molecule has 1 amide bonds. The second-order valence-corrected chi connectivity index (χ2v) is 11.0. The topological polar surface area (TPSA) is 84.4 Å². The van der Waals surface area contributed by atoms with Gasteiger partial charge in [0, 0.05) is 35.5 Å². The average molecular weight is 643 g/mol. The molecule has 0 bridgehead atoms. The first-order valence-corrected chi connectivity index (χ1v) is 13.1. The van der Waals surface area contributed by atoms with Gasteiger partial charge in [0.1, 0.15) is 5.41 Å². The lowest BCUT2D eigenvalue weighted by Gasteiger charge is -2.45. The fraction of sp³-hybridized carbons (Fsp3) is 0.233. The summed E-state index contributed by atoms with van der Waals surface area (Å²) < 4.78 is 86.4. The molecular weight excluding hydrogens is 617 g/mol. The van der Waals surface area contributed by atoms with Gasteiger partial charge in [-0.3, -0.25) is 9.80 Å². The third-order valence-electron chi connectivity index (χ3n) is 6.89. The third-order valence-corrected chi connectivity index (χ3v) is 7.47. The maximum atomic E-state index is 16.0. The number of carbonyl (C=O) groups excluding carboxylic acids is 1. The van der Waals surface area contributed by atoms with E-state index in [0.29, 0.717) is 48.4 Å². The fourth-order valence-electron chi connectivity index (χ4n) is 4.36. The molecule has 3 aromatic rings. The van der Waals surface area contributed by atoms with Crippen molar-refractivity contribution in [2.24, 2.45) is 17.0 Å². The number of benzene rings is 3. The number of hydrogen-bond donors (Lipinski definition) is 3. The zero-order valence-electron chi connectivity index (χ0n) is 23.0. The van der Waals surface area contributed by atoms with Crippen molar-refractivity contribution in [1.29, 1.82) is 0 Å². The van der Waals surface area contributed by atoms with Crippen molar-refractivity contribution in [1.82, 2.24) is 0 Å². The van der Waals surface area contributed by atoms with E-state index >= 15 is 4.39 Å². The van der Waals surface area contributed by atoms with Crippen LogP contribution in [0, 0.1) is 17.8 Å². The Morgan fingerprint density at radius 3 is 1.98 bits per heavy atom. The SMILES string of the molecule is C#Cc1ccc(C(=O)Nc2cccc(/C(N)=C/N(N)c3c(Cl)cc(C(F)(C(C)(F)F)C(C)(C)C(F)(F)F)cc3Cl)c2)cc1. The van der Waals surface area contributed by atoms with Gasteiger partial charge < -0.3 is 11.1 Å². The lowest BCUT2D eigenvalue weighted by Crippen LogP contribution is -2.57. The number of nitrogens with one attached hydrogen (secondary N) is 1. The average Bonchev–Trinajstić information content (AvgIpc) is 2.90. The van der Waals surface area contributed by atoms with Gasteiger partial charge in [0.05, 0.1) is 21.4 Å². The quantitative estimate of drug-likeness (QED) is 0.0999. The highest BCUT2D eigenvalue weighted by Gasteiger charge is 2.71. The van der Waals surface area contributed by atoms with E-state index in [2.05, 4.69) is 11.2 Å². The molecule has 3 aromatic carbocycles. The maximum absolute atomic E-state index is 16.0. The molecule has 5 N–H and O–H groups in total. The van der Waals surface area contributed by atoms with Gasteiger partial charge in [-0.2, -0.15) is 13.2 Å². The zero-order valence-corrected chi connectivity index (χ0v) is 24.5. The Balaban J connectivity index is 1.94. The number of amides is 1. The van der Waals surface area contributed by atoms with Crippen molar-refractivity contribution < 1.29 is 31.1 Å². The molecule has 1 atom stereocenters. The number of halogens is 8. The first-order valence-electron chi connectivity index (χ1n) is 12.4. The van der Waals surface area contributed by atoms with Crippen molar-refractivity contribution in [2.45, 2.75) is 38.5 Å². The van der Waals surface area contributed by atoms with Gasteiger partial charge in [0.25, 0.3) is 11.8 Å². The third kappa shape index (κ3) is 6.56. The highest BCUT2D eigenvalue weighted by Crippen LogP contribution is 2.60. The molecule has 0 radical (unpaired) electrons. The molecular formula is C30H26Cl2F6N4O. The van der Waals surface area contributed by atoms with Crippen molar-refractivity contribution in [3.8, 4) is 12.3 Å². The van der Waals surface area contributed by atoms with Crippen LogP contribution in [0.15, 0.2) is 66.9 Å². The molecule has 0 aliphatic carbocycles. The Hall–Kier alpha value is -3.85. The Kier molecular flexibility index (Phi) is 9.42. The van der Waals surface area contributed by atoms with Gasteiger partial charge in [-0.05, 0) is 67.9 Å². The molecule has 13 heteroatoms. The van der Waals surface area contributed by atoms with Crippen LogP contribution in [0.2, 0.25) is 10.0 Å². The molecule has 0 aliphatic heterocycles. The molecule has 0 heterocycles. The normalized spacial score (nSPS) is 14.1. The van der Waals surface area contributed by atoms with Crippen LogP contribution < -0.4 is 21.9 Å². The molecule has 3 rings (SSSR count). The van der Waals surface area contributed by atoms with Crippen molar-refractivity contribution in [3.05, 3.63) is 99.2 Å². The van der Waals surface area contributed by atoms with Gasteiger partial charge in [-0.15, -0.1) is 6.42 Å². The number of rotatable bonds is 8. The van der Waals surface area contributed by atoms with E-state index in [0.717, 1.165) is 11.2 Å². The van der Waals surface area contributed by atoms with Crippen LogP contribution in [0.25, 0.3) is 5.70 Å². The molecule has 0 fully saturated rings. The number of carbonyl (C=O) groups is 1. The second-order valence-electron chi connectivity index (χ2n) is 10.2. The highest BCUT2D eigenvalue weighted by molar-refractivity contribution is 6.39. The summed E-state index contributed by atoms with van der Waals surface area (Å²) in [5.74, 6) is 3.59. The van der Waals surface area contributed by atoms with E-state index in [4.69, 9.17) is 41.2 Å². The number of hydrogen-bond acceptors (Lipinski definition) is 4. The zero-order chi connectivity index (χ0) is 32.5. The van der Waals surface area contributed by atoms with Crippen LogP contribution >= 0.6 is 23.2 Å². The summed E-state index contributed by atoms with van der Waals surface area (Å²) in [4.78, 5) is 12.6.